The van der Waals surface area contributed by atoms with Gasteiger partial charge in [-0.2, -0.15) is 0 Å². The third-order valence-electron chi connectivity index (χ3n) is 2.84. The summed E-state index contributed by atoms with van der Waals surface area (Å²) in [6.07, 6.45) is 5.27. The Bertz CT molecular complexity index is 750. The Morgan fingerprint density at radius 2 is 1.91 bits per heavy atom. The minimum Gasteiger partial charge on any atom is -0.343 e. The van der Waals surface area contributed by atoms with Gasteiger partial charge in [-0.3, -0.25) is 9.59 Å². The number of hydrogen-bond donors (Lipinski definition) is 2. The minimum atomic E-state index is -0.648. The number of hydrogen-bond acceptors (Lipinski definition) is 2. The molecule has 0 aliphatic heterocycles. The molecule has 0 fully saturated rings. The summed E-state index contributed by atoms with van der Waals surface area (Å²) in [5, 5.41) is 4.95. The average molecular weight is 296 g/mol. The highest BCUT2D eigenvalue weighted by Gasteiger charge is 2.12. The Morgan fingerprint density at radius 1 is 1.14 bits per heavy atom. The van der Waals surface area contributed by atoms with Gasteiger partial charge in [-0.25, -0.2) is 4.39 Å². The van der Waals surface area contributed by atoms with E-state index in [0.29, 0.717) is 11.3 Å². The van der Waals surface area contributed by atoms with Gasteiger partial charge in [0.2, 0.25) is 5.91 Å². The molecule has 2 aromatic rings. The van der Waals surface area contributed by atoms with Crippen molar-refractivity contribution in [2.24, 2.45) is 0 Å². The van der Waals surface area contributed by atoms with E-state index in [1.165, 1.54) is 18.2 Å². The van der Waals surface area contributed by atoms with Crippen molar-refractivity contribution in [3.8, 4) is 12.3 Å². The Hall–Kier alpha value is -3.13. The Labute approximate surface area is 127 Å². The van der Waals surface area contributed by atoms with E-state index in [2.05, 4.69) is 16.6 Å². The van der Waals surface area contributed by atoms with Gasteiger partial charge in [-0.15, -0.1) is 6.42 Å². The zero-order chi connectivity index (χ0) is 15.9. The molecular weight excluding hydrogens is 283 g/mol. The first-order valence-corrected chi connectivity index (χ1v) is 6.49. The fraction of sp³-hybridized carbons (Fsp3) is 0.0588. The fourth-order valence-electron chi connectivity index (χ4n) is 1.79. The third kappa shape index (κ3) is 3.93. The number of terminal acetylenes is 1. The van der Waals surface area contributed by atoms with E-state index >= 15 is 0 Å². The number of carbonyl (C=O) groups is 2. The summed E-state index contributed by atoms with van der Waals surface area (Å²) in [7, 11) is 0. The van der Waals surface area contributed by atoms with Crippen LogP contribution in [0.1, 0.15) is 15.9 Å². The lowest BCUT2D eigenvalue weighted by Crippen LogP contribution is -2.33. The smallest absolute Gasteiger partial charge is 0.254 e. The van der Waals surface area contributed by atoms with Crippen LogP contribution in [0.25, 0.3) is 0 Å². The molecule has 2 N–H and O–H groups in total. The highest BCUT2D eigenvalue weighted by molar-refractivity contribution is 5.99. The molecule has 0 heterocycles. The first-order valence-electron chi connectivity index (χ1n) is 6.49. The Morgan fingerprint density at radius 3 is 2.64 bits per heavy atom. The zero-order valence-corrected chi connectivity index (χ0v) is 11.6. The number of amides is 2. The molecule has 0 saturated carbocycles. The predicted molar refractivity (Wildman–Crippen MR) is 81.7 cm³/mol. The number of rotatable bonds is 4. The van der Waals surface area contributed by atoms with Crippen molar-refractivity contribution in [2.45, 2.75) is 0 Å². The van der Waals surface area contributed by atoms with Crippen LogP contribution in [0, 0.1) is 18.2 Å². The Balaban J connectivity index is 1.92. The molecule has 0 unspecified atom stereocenters. The lowest BCUT2D eigenvalue weighted by Gasteiger charge is -2.08. The molecule has 2 amide bonds. The van der Waals surface area contributed by atoms with Crippen LogP contribution in [-0.2, 0) is 4.79 Å². The van der Waals surface area contributed by atoms with Crippen LogP contribution < -0.4 is 10.6 Å². The molecule has 4 nitrogen and oxygen atoms in total. The summed E-state index contributed by atoms with van der Waals surface area (Å²) in [4.78, 5) is 23.5. The lowest BCUT2D eigenvalue weighted by atomic mass is 10.2. The van der Waals surface area contributed by atoms with E-state index in [1.54, 1.807) is 30.3 Å². The number of halogens is 1. The lowest BCUT2D eigenvalue weighted by molar-refractivity contribution is -0.115. The van der Waals surface area contributed by atoms with Crippen molar-refractivity contribution < 1.29 is 14.0 Å². The van der Waals surface area contributed by atoms with Gasteiger partial charge in [0.05, 0.1) is 12.1 Å². The second kappa shape index (κ2) is 7.04. The van der Waals surface area contributed by atoms with E-state index < -0.39 is 17.6 Å². The SMILES string of the molecule is C#Cc1cccc(NC(=O)CNC(=O)c2ccccc2F)c1. The molecule has 2 rings (SSSR count). The van der Waals surface area contributed by atoms with Crippen molar-refractivity contribution in [3.63, 3.8) is 0 Å². The summed E-state index contributed by atoms with van der Waals surface area (Å²) in [6.45, 7) is -0.270. The molecule has 0 aromatic heterocycles. The van der Waals surface area contributed by atoms with Gasteiger partial charge < -0.3 is 10.6 Å². The van der Waals surface area contributed by atoms with Crippen LogP contribution >= 0.6 is 0 Å². The molecule has 110 valence electrons. The average Bonchev–Trinajstić information content (AvgIpc) is 2.53. The van der Waals surface area contributed by atoms with Crippen molar-refractivity contribution in [1.29, 1.82) is 0 Å². The molecule has 2 aromatic carbocycles. The molecule has 22 heavy (non-hydrogen) atoms. The van der Waals surface area contributed by atoms with E-state index in [4.69, 9.17) is 6.42 Å². The molecule has 5 heteroatoms. The topological polar surface area (TPSA) is 58.2 Å². The van der Waals surface area contributed by atoms with Gasteiger partial charge >= 0.3 is 0 Å². The normalized spacial score (nSPS) is 9.64. The summed E-state index contributed by atoms with van der Waals surface area (Å²) < 4.78 is 13.4. The number of carbonyl (C=O) groups excluding carboxylic acids is 2. The predicted octanol–water partition coefficient (Wildman–Crippen LogP) is 2.18. The second-order valence-corrected chi connectivity index (χ2v) is 4.44. The first-order chi connectivity index (χ1) is 10.6. The minimum absolute atomic E-state index is 0.107. The maximum absolute atomic E-state index is 13.4. The fourth-order valence-corrected chi connectivity index (χ4v) is 1.79. The molecule has 0 aliphatic carbocycles. The van der Waals surface area contributed by atoms with Crippen LogP contribution in [0.4, 0.5) is 10.1 Å². The molecule has 0 bridgehead atoms. The highest BCUT2D eigenvalue weighted by atomic mass is 19.1. The van der Waals surface area contributed by atoms with Gasteiger partial charge in [0, 0.05) is 11.3 Å². The van der Waals surface area contributed by atoms with Gasteiger partial charge in [0.1, 0.15) is 5.82 Å². The van der Waals surface area contributed by atoms with Crippen LogP contribution in [0.2, 0.25) is 0 Å². The van der Waals surface area contributed by atoms with Crippen molar-refractivity contribution in [2.75, 3.05) is 11.9 Å². The summed E-state index contributed by atoms with van der Waals surface area (Å²) >= 11 is 0. The molecule has 0 spiro atoms. The highest BCUT2D eigenvalue weighted by Crippen LogP contribution is 2.09. The van der Waals surface area contributed by atoms with Crippen LogP contribution in [0.15, 0.2) is 48.5 Å². The third-order valence-corrected chi connectivity index (χ3v) is 2.84. The van der Waals surface area contributed by atoms with Gasteiger partial charge in [-0.1, -0.05) is 24.1 Å². The summed E-state index contributed by atoms with van der Waals surface area (Å²) in [6, 6.07) is 12.3. The van der Waals surface area contributed by atoms with Gasteiger partial charge in [0.25, 0.3) is 5.91 Å². The summed E-state index contributed by atoms with van der Waals surface area (Å²) in [5.74, 6) is 0.740. The van der Waals surface area contributed by atoms with Crippen molar-refractivity contribution in [1.82, 2.24) is 5.32 Å². The van der Waals surface area contributed by atoms with E-state index in [0.717, 1.165) is 0 Å². The Kier molecular flexibility index (Phi) is 4.89. The quantitative estimate of drug-likeness (QED) is 0.850. The largest absolute Gasteiger partial charge is 0.343 e. The van der Waals surface area contributed by atoms with E-state index in [1.807, 2.05) is 0 Å². The number of anilines is 1. The van der Waals surface area contributed by atoms with Crippen molar-refractivity contribution in [3.05, 3.63) is 65.5 Å². The van der Waals surface area contributed by atoms with Crippen molar-refractivity contribution >= 4 is 17.5 Å². The van der Waals surface area contributed by atoms with Crippen LogP contribution in [-0.4, -0.2) is 18.4 Å². The molecule has 0 aliphatic rings. The monoisotopic (exact) mass is 296 g/mol. The maximum Gasteiger partial charge on any atom is 0.254 e. The molecule has 0 saturated heterocycles. The molecule has 0 atom stereocenters. The number of nitrogens with one attached hydrogen (secondary N) is 2. The van der Waals surface area contributed by atoms with Crippen LogP contribution in [0.3, 0.4) is 0 Å². The molecular formula is C17H13FN2O2. The second-order valence-electron chi connectivity index (χ2n) is 4.44. The number of benzene rings is 2. The van der Waals surface area contributed by atoms with E-state index in [9.17, 15) is 14.0 Å². The van der Waals surface area contributed by atoms with Gasteiger partial charge in [0.15, 0.2) is 0 Å². The molecule has 0 radical (unpaired) electrons. The van der Waals surface area contributed by atoms with Crippen LogP contribution in [0.5, 0.6) is 0 Å². The first kappa shape index (κ1) is 15.3. The standard InChI is InChI=1S/C17H13FN2O2/c1-2-12-6-5-7-13(10-12)20-16(21)11-19-17(22)14-8-3-4-9-15(14)18/h1,3-10H,11H2,(H,19,22)(H,20,21). The maximum atomic E-state index is 13.4. The zero-order valence-electron chi connectivity index (χ0n) is 11.6. The van der Waals surface area contributed by atoms with E-state index in [-0.39, 0.29) is 12.1 Å². The van der Waals surface area contributed by atoms with Gasteiger partial charge in [-0.05, 0) is 30.3 Å². The summed E-state index contributed by atoms with van der Waals surface area (Å²) in [5.41, 5.74) is 1.05.